The van der Waals surface area contributed by atoms with Crippen LogP contribution in [0.2, 0.25) is 0 Å². The van der Waals surface area contributed by atoms with E-state index >= 15 is 0 Å². The minimum absolute atomic E-state index is 0.675. The molecule has 0 unspecified atom stereocenters. The molecule has 0 saturated carbocycles. The Labute approximate surface area is 84.0 Å². The third-order valence-electron chi connectivity index (χ3n) is 2.69. The molecule has 0 aromatic heterocycles. The smallest absolute Gasteiger partial charge is 0.365 e. The number of piperidine rings is 1. The SMILES string of the molecule is N#[N+]c1ccccc1N1CCCCC1. The standard InChI is InChI=1S/C11H14N3/c12-13-10-6-2-3-7-11(10)14-8-4-1-5-9-14/h2-3,6-7H,1,4-5,8-9H2/q+1. The summed E-state index contributed by atoms with van der Waals surface area (Å²) in [5.41, 5.74) is 1.73. The van der Waals surface area contributed by atoms with E-state index in [4.69, 9.17) is 5.39 Å². The average Bonchev–Trinajstić information content (AvgIpc) is 2.30. The van der Waals surface area contributed by atoms with Crippen LogP contribution in [0, 0.1) is 5.39 Å². The molecule has 1 fully saturated rings. The first kappa shape index (κ1) is 9.01. The maximum Gasteiger partial charge on any atom is 0.408 e. The summed E-state index contributed by atoms with van der Waals surface area (Å²) in [5, 5.41) is 8.85. The van der Waals surface area contributed by atoms with Gasteiger partial charge < -0.3 is 4.90 Å². The summed E-state index contributed by atoms with van der Waals surface area (Å²) < 4.78 is 0. The molecule has 3 nitrogen and oxygen atoms in total. The van der Waals surface area contributed by atoms with E-state index in [0.717, 1.165) is 18.8 Å². The van der Waals surface area contributed by atoms with E-state index in [9.17, 15) is 0 Å². The van der Waals surface area contributed by atoms with Crippen LogP contribution in [0.1, 0.15) is 19.3 Å². The highest BCUT2D eigenvalue weighted by molar-refractivity contribution is 5.70. The molecule has 0 aliphatic carbocycles. The van der Waals surface area contributed by atoms with E-state index in [1.54, 1.807) is 0 Å². The Kier molecular flexibility index (Phi) is 2.64. The Balaban J connectivity index is 2.26. The second-order valence-electron chi connectivity index (χ2n) is 3.64. The summed E-state index contributed by atoms with van der Waals surface area (Å²) >= 11 is 0. The Morgan fingerprint density at radius 1 is 1.07 bits per heavy atom. The maximum atomic E-state index is 8.85. The molecule has 0 radical (unpaired) electrons. The lowest BCUT2D eigenvalue weighted by atomic mass is 10.1. The number of anilines is 1. The van der Waals surface area contributed by atoms with E-state index in [2.05, 4.69) is 9.88 Å². The van der Waals surface area contributed by atoms with E-state index in [0.29, 0.717) is 5.69 Å². The fraction of sp³-hybridized carbons (Fsp3) is 0.455. The maximum absolute atomic E-state index is 8.85. The minimum atomic E-state index is 0.675. The summed E-state index contributed by atoms with van der Waals surface area (Å²) in [4.78, 5) is 5.59. The highest BCUT2D eigenvalue weighted by Crippen LogP contribution is 2.30. The van der Waals surface area contributed by atoms with Gasteiger partial charge in [-0.25, -0.2) is 0 Å². The lowest BCUT2D eigenvalue weighted by molar-refractivity contribution is 0.578. The van der Waals surface area contributed by atoms with Crippen molar-refractivity contribution in [3.63, 3.8) is 0 Å². The first-order valence-corrected chi connectivity index (χ1v) is 5.11. The minimum Gasteiger partial charge on any atom is -0.365 e. The van der Waals surface area contributed by atoms with Crippen molar-refractivity contribution in [2.45, 2.75) is 19.3 Å². The van der Waals surface area contributed by atoms with Crippen molar-refractivity contribution in [2.24, 2.45) is 0 Å². The molecule has 2 rings (SSSR count). The molecule has 0 amide bonds. The molecule has 14 heavy (non-hydrogen) atoms. The van der Waals surface area contributed by atoms with Crippen molar-refractivity contribution < 1.29 is 0 Å². The quantitative estimate of drug-likeness (QED) is 0.634. The van der Waals surface area contributed by atoms with Crippen LogP contribution in [0.25, 0.3) is 4.98 Å². The molecule has 1 heterocycles. The molecule has 1 saturated heterocycles. The monoisotopic (exact) mass is 188 g/mol. The highest BCUT2D eigenvalue weighted by atomic mass is 15.1. The lowest BCUT2D eigenvalue weighted by Crippen LogP contribution is -2.29. The lowest BCUT2D eigenvalue weighted by Gasteiger charge is -2.27. The van der Waals surface area contributed by atoms with Crippen LogP contribution in [-0.2, 0) is 0 Å². The molecule has 1 aromatic rings. The predicted octanol–water partition coefficient (Wildman–Crippen LogP) is 3.16. The number of hydrogen-bond donors (Lipinski definition) is 0. The summed E-state index contributed by atoms with van der Waals surface area (Å²) in [6.07, 6.45) is 3.79. The second kappa shape index (κ2) is 4.10. The first-order valence-electron chi connectivity index (χ1n) is 5.11. The second-order valence-corrected chi connectivity index (χ2v) is 3.64. The zero-order valence-electron chi connectivity index (χ0n) is 8.19. The number of diazo groups is 1. The van der Waals surface area contributed by atoms with E-state index in [1.165, 1.54) is 19.3 Å². The molecule has 3 heteroatoms. The fourth-order valence-corrected chi connectivity index (χ4v) is 1.95. The van der Waals surface area contributed by atoms with Gasteiger partial charge in [0.05, 0.1) is 0 Å². The van der Waals surface area contributed by atoms with Gasteiger partial charge in [0.2, 0.25) is 5.39 Å². The van der Waals surface area contributed by atoms with Gasteiger partial charge >= 0.3 is 5.69 Å². The molecule has 0 N–H and O–H groups in total. The van der Waals surface area contributed by atoms with Crippen molar-refractivity contribution in [3.05, 3.63) is 29.2 Å². The normalized spacial score (nSPS) is 16.4. The van der Waals surface area contributed by atoms with Crippen molar-refractivity contribution >= 4 is 11.4 Å². The Hall–Kier alpha value is -1.56. The summed E-state index contributed by atoms with van der Waals surface area (Å²) in [5.74, 6) is 0. The van der Waals surface area contributed by atoms with Gasteiger partial charge in [-0.05, 0) is 25.3 Å². The molecule has 1 aromatic carbocycles. The highest BCUT2D eigenvalue weighted by Gasteiger charge is 2.19. The van der Waals surface area contributed by atoms with Gasteiger partial charge in [0.25, 0.3) is 0 Å². The summed E-state index contributed by atoms with van der Waals surface area (Å²) in [7, 11) is 0. The predicted molar refractivity (Wildman–Crippen MR) is 57.3 cm³/mol. The van der Waals surface area contributed by atoms with E-state index in [-0.39, 0.29) is 0 Å². The Morgan fingerprint density at radius 3 is 2.50 bits per heavy atom. The molecular formula is C11H14N3+. The summed E-state index contributed by atoms with van der Waals surface area (Å²) in [6.45, 7) is 2.15. The molecular weight excluding hydrogens is 174 g/mol. The largest absolute Gasteiger partial charge is 0.408 e. The van der Waals surface area contributed by atoms with Gasteiger partial charge in [-0.15, -0.1) is 0 Å². The van der Waals surface area contributed by atoms with Crippen LogP contribution >= 0.6 is 0 Å². The van der Waals surface area contributed by atoms with Gasteiger partial charge in [0.1, 0.15) is 5.69 Å². The van der Waals surface area contributed by atoms with Crippen LogP contribution in [0.5, 0.6) is 0 Å². The van der Waals surface area contributed by atoms with Gasteiger partial charge in [0.15, 0.2) is 4.98 Å². The van der Waals surface area contributed by atoms with Crippen molar-refractivity contribution in [1.82, 2.24) is 0 Å². The van der Waals surface area contributed by atoms with Crippen LogP contribution in [-0.4, -0.2) is 13.1 Å². The molecule has 0 atom stereocenters. The number of hydrogen-bond acceptors (Lipinski definition) is 2. The van der Waals surface area contributed by atoms with Crippen LogP contribution in [0.4, 0.5) is 11.4 Å². The van der Waals surface area contributed by atoms with Gasteiger partial charge in [-0.1, -0.05) is 12.1 Å². The van der Waals surface area contributed by atoms with Gasteiger partial charge in [-0.2, -0.15) is 0 Å². The van der Waals surface area contributed by atoms with Gasteiger partial charge in [-0.3, -0.25) is 0 Å². The Bertz CT molecular complexity index is 348. The third kappa shape index (κ3) is 1.69. The van der Waals surface area contributed by atoms with E-state index < -0.39 is 0 Å². The topological polar surface area (TPSA) is 31.4 Å². The molecule has 1 aliphatic rings. The van der Waals surface area contributed by atoms with Crippen molar-refractivity contribution in [2.75, 3.05) is 18.0 Å². The third-order valence-corrected chi connectivity index (χ3v) is 2.69. The van der Waals surface area contributed by atoms with Crippen molar-refractivity contribution in [1.29, 1.82) is 5.39 Å². The molecule has 0 bridgehead atoms. The fourth-order valence-electron chi connectivity index (χ4n) is 1.95. The van der Waals surface area contributed by atoms with Crippen molar-refractivity contribution in [3.8, 4) is 0 Å². The zero-order valence-corrected chi connectivity index (χ0v) is 8.19. The molecule has 1 aliphatic heterocycles. The summed E-state index contributed by atoms with van der Waals surface area (Å²) in [6, 6.07) is 7.73. The molecule has 72 valence electrons. The van der Waals surface area contributed by atoms with Crippen LogP contribution < -0.4 is 4.90 Å². The number of nitrogens with zero attached hydrogens (tertiary/aromatic N) is 3. The Morgan fingerprint density at radius 2 is 1.79 bits per heavy atom. The van der Waals surface area contributed by atoms with Crippen LogP contribution in [0.15, 0.2) is 24.3 Å². The zero-order chi connectivity index (χ0) is 9.80. The average molecular weight is 188 g/mol. The van der Waals surface area contributed by atoms with E-state index in [1.807, 2.05) is 24.3 Å². The number of benzene rings is 1. The molecule has 0 spiro atoms. The first-order chi connectivity index (χ1) is 6.92. The number of para-hydroxylation sites is 1. The van der Waals surface area contributed by atoms with Gasteiger partial charge in [0, 0.05) is 19.2 Å². The number of rotatable bonds is 1. The van der Waals surface area contributed by atoms with Crippen LogP contribution in [0.3, 0.4) is 0 Å².